The van der Waals surface area contributed by atoms with Crippen LogP contribution in [0.3, 0.4) is 0 Å². The van der Waals surface area contributed by atoms with Gasteiger partial charge in [0.2, 0.25) is 16.0 Å². The molecule has 2 aliphatic rings. The highest BCUT2D eigenvalue weighted by Crippen LogP contribution is 2.44. The first-order valence-electron chi connectivity index (χ1n) is 9.68. The van der Waals surface area contributed by atoms with E-state index in [9.17, 15) is 17.2 Å². The second-order valence-electron chi connectivity index (χ2n) is 7.97. The molecule has 0 bridgehead atoms. The number of aromatic nitrogens is 2. The number of alkyl halides is 2. The van der Waals surface area contributed by atoms with Gasteiger partial charge in [-0.15, -0.1) is 0 Å². The summed E-state index contributed by atoms with van der Waals surface area (Å²) in [7, 11) is -3.33. The molecule has 156 valence electrons. The maximum Gasteiger partial charge on any atom is 0.290 e. The Morgan fingerprint density at radius 1 is 1.24 bits per heavy atom. The van der Waals surface area contributed by atoms with E-state index in [-0.39, 0.29) is 24.6 Å². The highest BCUT2D eigenvalue weighted by molar-refractivity contribution is 7.88. The normalized spacial score (nSPS) is 21.6. The molecule has 0 spiro atoms. The molecule has 1 aromatic carbocycles. The van der Waals surface area contributed by atoms with Crippen molar-refractivity contribution in [1.29, 1.82) is 0 Å². The van der Waals surface area contributed by atoms with Gasteiger partial charge in [0.05, 0.1) is 11.9 Å². The molecule has 1 aliphatic carbocycles. The summed E-state index contributed by atoms with van der Waals surface area (Å²) in [6, 6.07) is 7.05. The van der Waals surface area contributed by atoms with Gasteiger partial charge in [0, 0.05) is 36.2 Å². The molecule has 2 atom stereocenters. The molecule has 1 aliphatic heterocycles. The van der Waals surface area contributed by atoms with Crippen LogP contribution in [-0.2, 0) is 22.4 Å². The molecule has 1 N–H and O–H groups in total. The average Bonchev–Trinajstić information content (AvgIpc) is 2.94. The van der Waals surface area contributed by atoms with Gasteiger partial charge < -0.3 is 4.90 Å². The van der Waals surface area contributed by atoms with Crippen molar-refractivity contribution in [2.75, 3.05) is 17.7 Å². The number of benzene rings is 1. The van der Waals surface area contributed by atoms with Gasteiger partial charge in [-0.1, -0.05) is 24.3 Å². The SMILES string of the molecule is C[C@@H](NS(C)(=O)=O)c1ccc(-c2nc(N3CC[C@@H]3C)nc3c2CCC3(F)F)cc1. The van der Waals surface area contributed by atoms with Crippen molar-refractivity contribution < 1.29 is 17.2 Å². The van der Waals surface area contributed by atoms with Gasteiger partial charge in [0.15, 0.2) is 0 Å². The fraction of sp³-hybridized carbons (Fsp3) is 0.500. The van der Waals surface area contributed by atoms with Crippen molar-refractivity contribution >= 4 is 16.0 Å². The van der Waals surface area contributed by atoms with Gasteiger partial charge in [0.1, 0.15) is 5.69 Å². The minimum atomic E-state index is -3.33. The standard InChI is InChI=1S/C20H24F2N4O2S/c1-12-9-11-26(12)19-23-17(16-8-10-20(21,22)18(16)24-19)15-6-4-14(5-7-15)13(2)25-29(3,27)28/h4-7,12-13,25H,8-11H2,1-3H3/t12-,13+/m0/s1. The number of sulfonamides is 1. The van der Waals surface area contributed by atoms with E-state index in [1.165, 1.54) is 0 Å². The number of nitrogens with one attached hydrogen (secondary N) is 1. The molecule has 0 amide bonds. The van der Waals surface area contributed by atoms with E-state index in [1.54, 1.807) is 31.2 Å². The number of nitrogens with zero attached hydrogens (tertiary/aromatic N) is 3. The summed E-state index contributed by atoms with van der Waals surface area (Å²) in [5.41, 5.74) is 2.39. The van der Waals surface area contributed by atoms with E-state index in [2.05, 4.69) is 14.7 Å². The topological polar surface area (TPSA) is 75.2 Å². The van der Waals surface area contributed by atoms with Crippen LogP contribution in [0.1, 0.15) is 49.6 Å². The van der Waals surface area contributed by atoms with E-state index in [0.29, 0.717) is 17.2 Å². The molecule has 0 saturated carbocycles. The molecule has 4 rings (SSSR count). The minimum absolute atomic E-state index is 0.159. The largest absolute Gasteiger partial charge is 0.338 e. The molecule has 29 heavy (non-hydrogen) atoms. The molecular weight excluding hydrogens is 398 g/mol. The predicted octanol–water partition coefficient (Wildman–Crippen LogP) is 3.39. The molecule has 0 unspecified atom stereocenters. The Balaban J connectivity index is 1.73. The molecule has 0 radical (unpaired) electrons. The first-order valence-corrected chi connectivity index (χ1v) is 11.6. The Labute approximate surface area is 169 Å². The Morgan fingerprint density at radius 3 is 2.48 bits per heavy atom. The van der Waals surface area contributed by atoms with E-state index < -0.39 is 22.0 Å². The average molecular weight is 423 g/mol. The Kier molecular flexibility index (Phi) is 4.85. The van der Waals surface area contributed by atoms with Crippen LogP contribution < -0.4 is 9.62 Å². The van der Waals surface area contributed by atoms with E-state index in [4.69, 9.17) is 0 Å². The van der Waals surface area contributed by atoms with Gasteiger partial charge in [-0.25, -0.2) is 23.1 Å². The summed E-state index contributed by atoms with van der Waals surface area (Å²) in [5, 5.41) is 0. The third kappa shape index (κ3) is 3.85. The number of halogens is 2. The molecular formula is C20H24F2N4O2S. The van der Waals surface area contributed by atoms with Crippen LogP contribution in [0.25, 0.3) is 11.3 Å². The van der Waals surface area contributed by atoms with Gasteiger partial charge in [0.25, 0.3) is 5.92 Å². The third-order valence-corrected chi connectivity index (χ3v) is 6.46. The number of anilines is 1. The van der Waals surface area contributed by atoms with Crippen molar-refractivity contribution in [3.05, 3.63) is 41.1 Å². The highest BCUT2D eigenvalue weighted by Gasteiger charge is 2.44. The maximum absolute atomic E-state index is 14.4. The zero-order chi connectivity index (χ0) is 21.0. The number of hydrogen-bond acceptors (Lipinski definition) is 5. The van der Waals surface area contributed by atoms with Crippen LogP contribution in [0.2, 0.25) is 0 Å². The monoisotopic (exact) mass is 422 g/mol. The lowest BCUT2D eigenvalue weighted by Crippen LogP contribution is -2.47. The Morgan fingerprint density at radius 2 is 1.93 bits per heavy atom. The maximum atomic E-state index is 14.4. The van der Waals surface area contributed by atoms with Crippen molar-refractivity contribution in [2.24, 2.45) is 0 Å². The summed E-state index contributed by atoms with van der Waals surface area (Å²) in [6.07, 6.45) is 2.09. The molecule has 9 heteroatoms. The molecule has 1 aromatic heterocycles. The van der Waals surface area contributed by atoms with Crippen LogP contribution >= 0.6 is 0 Å². The summed E-state index contributed by atoms with van der Waals surface area (Å²) in [6.45, 7) is 4.55. The van der Waals surface area contributed by atoms with Crippen molar-refractivity contribution in [2.45, 2.75) is 51.1 Å². The number of rotatable bonds is 5. The van der Waals surface area contributed by atoms with Crippen molar-refractivity contribution in [1.82, 2.24) is 14.7 Å². The second kappa shape index (κ2) is 6.98. The predicted molar refractivity (Wildman–Crippen MR) is 108 cm³/mol. The van der Waals surface area contributed by atoms with E-state index in [0.717, 1.165) is 30.3 Å². The molecule has 2 heterocycles. The zero-order valence-electron chi connectivity index (χ0n) is 16.6. The fourth-order valence-electron chi connectivity index (χ4n) is 3.91. The van der Waals surface area contributed by atoms with Crippen LogP contribution in [0.15, 0.2) is 24.3 Å². The summed E-state index contributed by atoms with van der Waals surface area (Å²) in [5.74, 6) is -2.58. The van der Waals surface area contributed by atoms with Crippen molar-refractivity contribution in [3.8, 4) is 11.3 Å². The molecule has 1 fully saturated rings. The number of hydrogen-bond donors (Lipinski definition) is 1. The lowest BCUT2D eigenvalue weighted by Gasteiger charge is -2.39. The van der Waals surface area contributed by atoms with Crippen LogP contribution in [-0.4, -0.2) is 37.2 Å². The third-order valence-electron chi connectivity index (χ3n) is 5.68. The van der Waals surface area contributed by atoms with Crippen LogP contribution in [0.4, 0.5) is 14.7 Å². The van der Waals surface area contributed by atoms with Gasteiger partial charge in [-0.05, 0) is 32.3 Å². The fourth-order valence-corrected chi connectivity index (χ4v) is 4.69. The number of fused-ring (bicyclic) bond motifs is 1. The highest BCUT2D eigenvalue weighted by atomic mass is 32.2. The Bertz CT molecular complexity index is 1040. The van der Waals surface area contributed by atoms with E-state index in [1.807, 2.05) is 11.8 Å². The molecule has 1 saturated heterocycles. The second-order valence-corrected chi connectivity index (χ2v) is 9.75. The summed E-state index contributed by atoms with van der Waals surface area (Å²) in [4.78, 5) is 10.8. The molecule has 2 aromatic rings. The van der Waals surface area contributed by atoms with Gasteiger partial charge in [-0.2, -0.15) is 8.78 Å². The van der Waals surface area contributed by atoms with E-state index >= 15 is 0 Å². The first kappa shape index (κ1) is 20.2. The Hall–Kier alpha value is -2.13. The van der Waals surface area contributed by atoms with Crippen LogP contribution in [0, 0.1) is 0 Å². The van der Waals surface area contributed by atoms with Gasteiger partial charge in [-0.3, -0.25) is 0 Å². The quantitative estimate of drug-likeness (QED) is 0.800. The van der Waals surface area contributed by atoms with Gasteiger partial charge >= 0.3 is 0 Å². The smallest absolute Gasteiger partial charge is 0.290 e. The zero-order valence-corrected chi connectivity index (χ0v) is 17.4. The minimum Gasteiger partial charge on any atom is -0.338 e. The van der Waals surface area contributed by atoms with Crippen molar-refractivity contribution in [3.63, 3.8) is 0 Å². The first-order chi connectivity index (χ1) is 13.5. The lowest BCUT2D eigenvalue weighted by atomic mass is 10.0. The van der Waals surface area contributed by atoms with Crippen LogP contribution in [0.5, 0.6) is 0 Å². The molecule has 6 nitrogen and oxygen atoms in total. The lowest BCUT2D eigenvalue weighted by molar-refractivity contribution is -0.00595. The summed E-state index contributed by atoms with van der Waals surface area (Å²) < 4.78 is 54.3. The summed E-state index contributed by atoms with van der Waals surface area (Å²) >= 11 is 0.